The molecule has 1 fully saturated rings. The fraction of sp³-hybridized carbons (Fsp3) is 0.250. The number of carboxylic acid groups (broad SMARTS) is 1. The van der Waals surface area contributed by atoms with Crippen LogP contribution in [0.4, 0.5) is 5.82 Å². The zero-order valence-corrected chi connectivity index (χ0v) is 12.5. The average molecular weight is 319 g/mol. The van der Waals surface area contributed by atoms with Gasteiger partial charge < -0.3 is 14.7 Å². The molecule has 1 unspecified atom stereocenters. The van der Waals surface area contributed by atoms with Crippen molar-refractivity contribution in [3.63, 3.8) is 0 Å². The van der Waals surface area contributed by atoms with Crippen LogP contribution in [0.25, 0.3) is 0 Å². The number of rotatable bonds is 3. The maximum absolute atomic E-state index is 11.0. The summed E-state index contributed by atoms with van der Waals surface area (Å²) in [5, 5.41) is 9.72. The van der Waals surface area contributed by atoms with E-state index in [4.69, 9.17) is 21.4 Å². The van der Waals surface area contributed by atoms with Gasteiger partial charge in [-0.15, -0.1) is 0 Å². The lowest BCUT2D eigenvalue weighted by atomic mass is 10.1. The number of morpholine rings is 1. The highest BCUT2D eigenvalue weighted by Gasteiger charge is 2.23. The first-order valence-corrected chi connectivity index (χ1v) is 7.33. The molecule has 0 aliphatic carbocycles. The highest BCUT2D eigenvalue weighted by atomic mass is 35.5. The summed E-state index contributed by atoms with van der Waals surface area (Å²) in [5.74, 6) is -0.378. The minimum atomic E-state index is -1.03. The summed E-state index contributed by atoms with van der Waals surface area (Å²) in [5.41, 5.74) is 1.05. The maximum Gasteiger partial charge on any atom is 0.354 e. The van der Waals surface area contributed by atoms with E-state index < -0.39 is 5.97 Å². The Labute approximate surface area is 133 Å². The first-order valence-electron chi connectivity index (χ1n) is 6.96. The Balaban J connectivity index is 1.81. The van der Waals surface area contributed by atoms with Gasteiger partial charge in [0.2, 0.25) is 0 Å². The number of anilines is 1. The lowest BCUT2D eigenvalue weighted by Gasteiger charge is -2.34. The number of aromatic nitrogens is 1. The van der Waals surface area contributed by atoms with Crippen LogP contribution in [0.1, 0.15) is 22.2 Å². The standard InChI is InChI=1S/C16H15ClN2O3/c17-12-4-1-3-11(9-12)14-10-19(7-8-22-14)15-6-2-5-13(18-15)16(20)21/h1-6,9,14H,7-8,10H2,(H,20,21). The van der Waals surface area contributed by atoms with E-state index in [2.05, 4.69) is 4.98 Å². The van der Waals surface area contributed by atoms with Crippen molar-refractivity contribution in [2.24, 2.45) is 0 Å². The molecule has 1 aliphatic heterocycles. The van der Waals surface area contributed by atoms with Gasteiger partial charge in [-0.3, -0.25) is 0 Å². The van der Waals surface area contributed by atoms with Gasteiger partial charge in [-0.25, -0.2) is 9.78 Å². The van der Waals surface area contributed by atoms with E-state index in [-0.39, 0.29) is 11.8 Å². The lowest BCUT2D eigenvalue weighted by molar-refractivity contribution is 0.0395. The van der Waals surface area contributed by atoms with Crippen LogP contribution in [0.15, 0.2) is 42.5 Å². The molecular weight excluding hydrogens is 304 g/mol. The summed E-state index contributed by atoms with van der Waals surface area (Å²) in [6.45, 7) is 1.83. The molecule has 1 aromatic heterocycles. The number of halogens is 1. The quantitative estimate of drug-likeness (QED) is 0.942. The van der Waals surface area contributed by atoms with Crippen molar-refractivity contribution >= 4 is 23.4 Å². The molecule has 3 rings (SSSR count). The van der Waals surface area contributed by atoms with E-state index >= 15 is 0 Å². The fourth-order valence-corrected chi connectivity index (χ4v) is 2.68. The van der Waals surface area contributed by atoms with Crippen LogP contribution in [-0.4, -0.2) is 35.8 Å². The van der Waals surface area contributed by atoms with Crippen molar-refractivity contribution < 1.29 is 14.6 Å². The monoisotopic (exact) mass is 318 g/mol. The Kier molecular flexibility index (Phi) is 4.27. The van der Waals surface area contributed by atoms with Gasteiger partial charge in [0, 0.05) is 18.1 Å². The fourth-order valence-electron chi connectivity index (χ4n) is 2.48. The van der Waals surface area contributed by atoms with Crippen LogP contribution in [0.3, 0.4) is 0 Å². The van der Waals surface area contributed by atoms with Gasteiger partial charge in [0.05, 0.1) is 6.61 Å². The summed E-state index contributed by atoms with van der Waals surface area (Å²) in [4.78, 5) is 17.3. The van der Waals surface area contributed by atoms with E-state index in [1.54, 1.807) is 6.07 Å². The van der Waals surface area contributed by atoms with Gasteiger partial charge in [-0.1, -0.05) is 29.8 Å². The molecule has 6 heteroatoms. The van der Waals surface area contributed by atoms with E-state index in [0.29, 0.717) is 30.5 Å². The second-order valence-corrected chi connectivity index (χ2v) is 5.48. The van der Waals surface area contributed by atoms with E-state index in [9.17, 15) is 4.79 Å². The molecule has 1 aliphatic rings. The molecule has 114 valence electrons. The number of carbonyl (C=O) groups is 1. The molecule has 0 radical (unpaired) electrons. The largest absolute Gasteiger partial charge is 0.477 e. The molecule has 0 saturated carbocycles. The number of ether oxygens (including phenoxy) is 1. The number of hydrogen-bond donors (Lipinski definition) is 1. The third-order valence-corrected chi connectivity index (χ3v) is 3.80. The molecular formula is C16H15ClN2O3. The molecule has 2 aromatic rings. The number of hydrogen-bond acceptors (Lipinski definition) is 4. The summed E-state index contributed by atoms with van der Waals surface area (Å²) in [6, 6.07) is 12.6. The molecule has 5 nitrogen and oxygen atoms in total. The molecule has 22 heavy (non-hydrogen) atoms. The molecule has 1 atom stereocenters. The third kappa shape index (κ3) is 3.21. The average Bonchev–Trinajstić information content (AvgIpc) is 2.55. The number of benzene rings is 1. The molecule has 1 aromatic carbocycles. The number of carboxylic acids is 1. The minimum absolute atomic E-state index is 0.0447. The van der Waals surface area contributed by atoms with Crippen molar-refractivity contribution in [1.82, 2.24) is 4.98 Å². The number of nitrogens with zero attached hydrogens (tertiary/aromatic N) is 2. The molecule has 0 amide bonds. The Morgan fingerprint density at radius 3 is 2.91 bits per heavy atom. The lowest BCUT2D eigenvalue weighted by Crippen LogP contribution is -2.39. The number of pyridine rings is 1. The zero-order chi connectivity index (χ0) is 15.5. The second-order valence-electron chi connectivity index (χ2n) is 5.05. The first-order chi connectivity index (χ1) is 10.6. The van der Waals surface area contributed by atoms with Gasteiger partial charge >= 0.3 is 5.97 Å². The van der Waals surface area contributed by atoms with E-state index in [1.807, 2.05) is 35.2 Å². The highest BCUT2D eigenvalue weighted by molar-refractivity contribution is 6.30. The van der Waals surface area contributed by atoms with Gasteiger partial charge in [-0.2, -0.15) is 0 Å². The van der Waals surface area contributed by atoms with Crippen LogP contribution in [-0.2, 0) is 4.74 Å². The van der Waals surface area contributed by atoms with Crippen LogP contribution >= 0.6 is 11.6 Å². The normalized spacial score (nSPS) is 18.2. The van der Waals surface area contributed by atoms with Crippen molar-refractivity contribution in [3.8, 4) is 0 Å². The van der Waals surface area contributed by atoms with Gasteiger partial charge in [-0.05, 0) is 29.8 Å². The zero-order valence-electron chi connectivity index (χ0n) is 11.8. The Hall–Kier alpha value is -2.11. The third-order valence-electron chi connectivity index (χ3n) is 3.56. The summed E-state index contributed by atoms with van der Waals surface area (Å²) in [6.07, 6.45) is -0.109. The maximum atomic E-state index is 11.0. The van der Waals surface area contributed by atoms with Crippen LogP contribution in [0, 0.1) is 0 Å². The molecule has 1 N–H and O–H groups in total. The van der Waals surface area contributed by atoms with Gasteiger partial charge in [0.1, 0.15) is 11.9 Å². The van der Waals surface area contributed by atoms with Crippen molar-refractivity contribution in [3.05, 3.63) is 58.7 Å². The van der Waals surface area contributed by atoms with Crippen molar-refractivity contribution in [1.29, 1.82) is 0 Å². The topological polar surface area (TPSA) is 62.7 Å². The first kappa shape index (κ1) is 14.8. The van der Waals surface area contributed by atoms with Crippen LogP contribution in [0.5, 0.6) is 0 Å². The molecule has 0 bridgehead atoms. The van der Waals surface area contributed by atoms with Gasteiger partial charge in [0.15, 0.2) is 5.69 Å². The summed E-state index contributed by atoms with van der Waals surface area (Å²) < 4.78 is 5.80. The minimum Gasteiger partial charge on any atom is -0.477 e. The van der Waals surface area contributed by atoms with Crippen molar-refractivity contribution in [2.75, 3.05) is 24.6 Å². The smallest absolute Gasteiger partial charge is 0.354 e. The highest BCUT2D eigenvalue weighted by Crippen LogP contribution is 2.26. The van der Waals surface area contributed by atoms with Crippen LogP contribution < -0.4 is 4.90 Å². The van der Waals surface area contributed by atoms with Crippen molar-refractivity contribution in [2.45, 2.75) is 6.10 Å². The van der Waals surface area contributed by atoms with Gasteiger partial charge in [0.25, 0.3) is 0 Å². The number of aromatic carboxylic acids is 1. The SMILES string of the molecule is O=C(O)c1cccc(N2CCOC(c3cccc(Cl)c3)C2)n1. The Morgan fingerprint density at radius 1 is 1.32 bits per heavy atom. The van der Waals surface area contributed by atoms with E-state index in [1.165, 1.54) is 6.07 Å². The van der Waals surface area contributed by atoms with E-state index in [0.717, 1.165) is 5.56 Å². The predicted molar refractivity (Wildman–Crippen MR) is 83.6 cm³/mol. The van der Waals surface area contributed by atoms with Crippen LogP contribution in [0.2, 0.25) is 5.02 Å². The molecule has 1 saturated heterocycles. The molecule has 0 spiro atoms. The summed E-state index contributed by atoms with van der Waals surface area (Å²) >= 11 is 6.03. The predicted octanol–water partition coefficient (Wildman–Crippen LogP) is 3.01. The second kappa shape index (κ2) is 6.34. The molecule has 2 heterocycles. The summed E-state index contributed by atoms with van der Waals surface area (Å²) in [7, 11) is 0. The Morgan fingerprint density at radius 2 is 2.14 bits per heavy atom. The Bertz CT molecular complexity index is 693.